The monoisotopic (exact) mass is 473 g/mol. The molecule has 168 valence electrons. The molecule has 4 aromatic rings. The molecule has 1 aliphatic rings. The fraction of sp³-hybridized carbons (Fsp3) is 0.238. The van der Waals surface area contributed by atoms with Crippen LogP contribution < -0.4 is 5.32 Å². The third kappa shape index (κ3) is 3.96. The van der Waals surface area contributed by atoms with E-state index in [4.69, 9.17) is 10.5 Å². The van der Waals surface area contributed by atoms with Gasteiger partial charge < -0.3 is 9.88 Å². The van der Waals surface area contributed by atoms with Crippen LogP contribution in [0.1, 0.15) is 56.0 Å². The van der Waals surface area contributed by atoms with Gasteiger partial charge >= 0.3 is 0 Å². The number of aromatic amines is 1. The van der Waals surface area contributed by atoms with E-state index in [0.29, 0.717) is 29.7 Å². The standard InChI is InChI=1S/C21H15N9O3S/c22-8-15-16(9-23)26-21(25-15)27-18(31)17-10-34-19(24-17)11-3-5-30(6-4-11)20(32)12-1-2-13-14(7-12)29-33-28-13/h1-2,7,10-11H,3-6H2,(H2,25,26,27,31). The summed E-state index contributed by atoms with van der Waals surface area (Å²) in [6.07, 6.45) is 1.45. The molecule has 4 heterocycles. The maximum atomic E-state index is 12.9. The minimum absolute atomic E-state index is 0.0130. The number of fused-ring (bicyclic) bond motifs is 1. The summed E-state index contributed by atoms with van der Waals surface area (Å²) in [5.74, 6) is -0.416. The SMILES string of the molecule is N#Cc1nc(NC(=O)c2csc(C3CCN(C(=O)c4ccc5nonc5c4)CC3)n2)[nH]c1C#N. The molecule has 0 aliphatic carbocycles. The lowest BCUT2D eigenvalue weighted by molar-refractivity contribution is 0.0713. The summed E-state index contributed by atoms with van der Waals surface area (Å²) in [7, 11) is 0. The summed E-state index contributed by atoms with van der Waals surface area (Å²) in [4.78, 5) is 38.1. The summed E-state index contributed by atoms with van der Waals surface area (Å²) in [5.41, 5.74) is 1.79. The van der Waals surface area contributed by atoms with E-state index >= 15 is 0 Å². The molecule has 0 bridgehead atoms. The Labute approximate surface area is 195 Å². The van der Waals surface area contributed by atoms with Crippen molar-refractivity contribution in [1.29, 1.82) is 10.5 Å². The number of imidazole rings is 1. The number of amides is 2. The van der Waals surface area contributed by atoms with E-state index in [0.717, 1.165) is 17.8 Å². The minimum Gasteiger partial charge on any atom is -0.339 e. The first-order valence-electron chi connectivity index (χ1n) is 10.2. The van der Waals surface area contributed by atoms with Gasteiger partial charge in [-0.15, -0.1) is 11.3 Å². The highest BCUT2D eigenvalue weighted by molar-refractivity contribution is 7.10. The van der Waals surface area contributed by atoms with Crippen molar-refractivity contribution in [2.24, 2.45) is 0 Å². The lowest BCUT2D eigenvalue weighted by Crippen LogP contribution is -2.37. The Morgan fingerprint density at radius 2 is 1.94 bits per heavy atom. The lowest BCUT2D eigenvalue weighted by atomic mass is 9.97. The molecule has 1 aliphatic heterocycles. The molecule has 1 saturated heterocycles. The Balaban J connectivity index is 1.20. The molecule has 1 fully saturated rings. The maximum absolute atomic E-state index is 12.9. The number of benzene rings is 1. The van der Waals surface area contributed by atoms with Gasteiger partial charge in [0.25, 0.3) is 11.8 Å². The number of aromatic nitrogens is 5. The van der Waals surface area contributed by atoms with Gasteiger partial charge in [-0.05, 0) is 41.4 Å². The van der Waals surface area contributed by atoms with Crippen molar-refractivity contribution >= 4 is 40.1 Å². The number of nitriles is 2. The maximum Gasteiger partial charge on any atom is 0.277 e. The third-order valence-electron chi connectivity index (χ3n) is 5.54. The largest absolute Gasteiger partial charge is 0.339 e. The van der Waals surface area contributed by atoms with Crippen LogP contribution in [-0.2, 0) is 0 Å². The van der Waals surface area contributed by atoms with Gasteiger partial charge in [-0.25, -0.2) is 14.6 Å². The molecule has 0 spiro atoms. The fourth-order valence-corrected chi connectivity index (χ4v) is 4.74. The molecule has 0 unspecified atom stereocenters. The number of piperidine rings is 1. The molecule has 0 atom stereocenters. The van der Waals surface area contributed by atoms with E-state index in [1.807, 2.05) is 6.07 Å². The zero-order valence-corrected chi connectivity index (χ0v) is 18.3. The van der Waals surface area contributed by atoms with Gasteiger partial charge in [0.15, 0.2) is 11.4 Å². The van der Waals surface area contributed by atoms with Gasteiger partial charge in [-0.3, -0.25) is 14.9 Å². The molecule has 5 rings (SSSR count). The van der Waals surface area contributed by atoms with Crippen LogP contribution in [0.2, 0.25) is 0 Å². The Morgan fingerprint density at radius 1 is 1.15 bits per heavy atom. The number of carbonyl (C=O) groups is 2. The number of likely N-dealkylation sites (tertiary alicyclic amines) is 1. The number of hydrogen-bond acceptors (Lipinski definition) is 10. The molecule has 2 N–H and O–H groups in total. The Kier molecular flexibility index (Phi) is 5.45. The number of rotatable bonds is 4. The lowest BCUT2D eigenvalue weighted by Gasteiger charge is -2.31. The molecular weight excluding hydrogens is 458 g/mol. The molecule has 0 saturated carbocycles. The molecule has 3 aromatic heterocycles. The highest BCUT2D eigenvalue weighted by atomic mass is 32.1. The zero-order chi connectivity index (χ0) is 23.7. The van der Waals surface area contributed by atoms with Crippen LogP contribution in [0.25, 0.3) is 11.0 Å². The van der Waals surface area contributed by atoms with Crippen molar-refractivity contribution in [2.75, 3.05) is 18.4 Å². The second-order valence-corrected chi connectivity index (χ2v) is 8.48. The number of thiazole rings is 1. The fourth-order valence-electron chi connectivity index (χ4n) is 3.77. The molecular formula is C21H15N9O3S. The quantitative estimate of drug-likeness (QED) is 0.450. The van der Waals surface area contributed by atoms with Gasteiger partial charge in [-0.2, -0.15) is 10.5 Å². The molecule has 34 heavy (non-hydrogen) atoms. The number of nitrogens with zero attached hydrogens (tertiary/aromatic N) is 7. The predicted molar refractivity (Wildman–Crippen MR) is 118 cm³/mol. The Bertz CT molecular complexity index is 1450. The first kappa shape index (κ1) is 21.2. The first-order chi connectivity index (χ1) is 16.6. The van der Waals surface area contributed by atoms with Gasteiger partial charge in [0.05, 0.1) is 5.01 Å². The average Bonchev–Trinajstić information content (AvgIpc) is 3.62. The Morgan fingerprint density at radius 3 is 2.68 bits per heavy atom. The smallest absolute Gasteiger partial charge is 0.277 e. The summed E-state index contributed by atoms with van der Waals surface area (Å²) in [6.45, 7) is 1.14. The van der Waals surface area contributed by atoms with Gasteiger partial charge in [-0.1, -0.05) is 0 Å². The Hall–Kier alpha value is -4.62. The van der Waals surface area contributed by atoms with Gasteiger partial charge in [0.2, 0.25) is 5.95 Å². The van der Waals surface area contributed by atoms with Gasteiger partial charge in [0.1, 0.15) is 28.9 Å². The van der Waals surface area contributed by atoms with E-state index in [1.54, 1.807) is 34.5 Å². The van der Waals surface area contributed by atoms with Crippen LogP contribution in [-0.4, -0.2) is 55.1 Å². The average molecular weight is 473 g/mol. The predicted octanol–water partition coefficient (Wildman–Crippen LogP) is 2.42. The van der Waals surface area contributed by atoms with Crippen LogP contribution in [0, 0.1) is 22.7 Å². The van der Waals surface area contributed by atoms with Gasteiger partial charge in [0, 0.05) is 30.0 Å². The van der Waals surface area contributed by atoms with Crippen LogP contribution >= 0.6 is 11.3 Å². The first-order valence-corrected chi connectivity index (χ1v) is 11.1. The van der Waals surface area contributed by atoms with Crippen molar-refractivity contribution < 1.29 is 14.2 Å². The van der Waals surface area contributed by atoms with Crippen molar-refractivity contribution in [3.63, 3.8) is 0 Å². The van der Waals surface area contributed by atoms with Crippen molar-refractivity contribution in [3.8, 4) is 12.1 Å². The molecule has 2 amide bonds. The minimum atomic E-state index is -0.490. The summed E-state index contributed by atoms with van der Waals surface area (Å²) in [5, 5.41) is 30.5. The van der Waals surface area contributed by atoms with Crippen LogP contribution in [0.15, 0.2) is 28.2 Å². The molecule has 0 radical (unpaired) electrons. The number of hydrogen-bond donors (Lipinski definition) is 2. The molecule has 1 aromatic carbocycles. The summed E-state index contributed by atoms with van der Waals surface area (Å²) in [6, 6.07) is 8.69. The number of carbonyl (C=O) groups excluding carboxylic acids is 2. The third-order valence-corrected chi connectivity index (χ3v) is 6.55. The highest BCUT2D eigenvalue weighted by Crippen LogP contribution is 2.31. The van der Waals surface area contributed by atoms with E-state index in [1.165, 1.54) is 11.3 Å². The number of H-pyrrole nitrogens is 1. The second kappa shape index (κ2) is 8.73. The normalized spacial score (nSPS) is 14.0. The summed E-state index contributed by atoms with van der Waals surface area (Å²) >= 11 is 1.38. The molecule has 12 nitrogen and oxygen atoms in total. The molecule has 13 heteroatoms. The van der Waals surface area contributed by atoms with Crippen molar-refractivity contribution in [2.45, 2.75) is 18.8 Å². The van der Waals surface area contributed by atoms with E-state index in [-0.39, 0.29) is 34.9 Å². The van der Waals surface area contributed by atoms with E-state index in [9.17, 15) is 9.59 Å². The zero-order valence-electron chi connectivity index (χ0n) is 17.5. The topological polar surface area (TPSA) is 177 Å². The van der Waals surface area contributed by atoms with Crippen LogP contribution in [0.3, 0.4) is 0 Å². The number of nitrogens with one attached hydrogen (secondary N) is 2. The van der Waals surface area contributed by atoms with Crippen LogP contribution in [0.4, 0.5) is 5.95 Å². The van der Waals surface area contributed by atoms with E-state index < -0.39 is 5.91 Å². The van der Waals surface area contributed by atoms with Crippen molar-refractivity contribution in [3.05, 3.63) is 51.2 Å². The highest BCUT2D eigenvalue weighted by Gasteiger charge is 2.27. The van der Waals surface area contributed by atoms with Crippen molar-refractivity contribution in [1.82, 2.24) is 30.2 Å². The number of anilines is 1. The summed E-state index contributed by atoms with van der Waals surface area (Å²) < 4.78 is 4.69. The second-order valence-electron chi connectivity index (χ2n) is 7.59. The van der Waals surface area contributed by atoms with Crippen LogP contribution in [0.5, 0.6) is 0 Å². The van der Waals surface area contributed by atoms with E-state index in [2.05, 4.69) is 35.2 Å².